The van der Waals surface area contributed by atoms with Crippen molar-refractivity contribution in [3.05, 3.63) is 71.4 Å². The summed E-state index contributed by atoms with van der Waals surface area (Å²) in [5.74, 6) is -0.0230. The molecule has 0 saturated heterocycles. The van der Waals surface area contributed by atoms with Crippen LogP contribution in [0.5, 0.6) is 0 Å². The standard InChI is InChI=1S/C21H25N3O/c1-15-9-5-6-10-16(15)21(25)22-13-20(23(2)3)18-14-24(4)19-12-8-7-11-17(18)19/h5-12,14,20H,13H2,1-4H3,(H,22,25). The highest BCUT2D eigenvalue weighted by Crippen LogP contribution is 2.28. The number of aromatic nitrogens is 1. The maximum atomic E-state index is 12.6. The van der Waals surface area contributed by atoms with Gasteiger partial charge in [-0.1, -0.05) is 36.4 Å². The van der Waals surface area contributed by atoms with E-state index in [1.807, 2.05) is 45.3 Å². The number of fused-ring (bicyclic) bond motifs is 1. The molecule has 3 aromatic rings. The highest BCUT2D eigenvalue weighted by atomic mass is 16.1. The Kier molecular flexibility index (Phi) is 4.91. The molecule has 0 bridgehead atoms. The van der Waals surface area contributed by atoms with E-state index in [0.29, 0.717) is 6.54 Å². The third-order valence-corrected chi connectivity index (χ3v) is 4.76. The van der Waals surface area contributed by atoms with E-state index in [1.54, 1.807) is 0 Å². The van der Waals surface area contributed by atoms with E-state index < -0.39 is 0 Å². The van der Waals surface area contributed by atoms with Gasteiger partial charge in [-0.05, 0) is 44.3 Å². The molecular weight excluding hydrogens is 310 g/mol. The molecule has 4 nitrogen and oxygen atoms in total. The zero-order chi connectivity index (χ0) is 18.0. The number of benzene rings is 2. The smallest absolute Gasteiger partial charge is 0.251 e. The lowest BCUT2D eigenvalue weighted by Gasteiger charge is -2.24. The van der Waals surface area contributed by atoms with Crippen LogP contribution in [0.1, 0.15) is 27.5 Å². The molecule has 0 fully saturated rings. The summed E-state index contributed by atoms with van der Waals surface area (Å²) in [5, 5.41) is 4.33. The van der Waals surface area contributed by atoms with Gasteiger partial charge in [0.15, 0.2) is 0 Å². The zero-order valence-electron chi connectivity index (χ0n) is 15.3. The third kappa shape index (κ3) is 3.44. The van der Waals surface area contributed by atoms with Crippen molar-refractivity contribution in [1.82, 2.24) is 14.8 Å². The van der Waals surface area contributed by atoms with Crippen molar-refractivity contribution in [2.75, 3.05) is 20.6 Å². The normalized spacial score (nSPS) is 12.5. The van der Waals surface area contributed by atoms with Gasteiger partial charge in [0.05, 0.1) is 6.04 Å². The molecule has 0 aliphatic carbocycles. The molecule has 0 aliphatic rings. The second kappa shape index (κ2) is 7.11. The minimum absolute atomic E-state index is 0.0230. The molecule has 0 aliphatic heterocycles. The molecule has 4 heteroatoms. The van der Waals surface area contributed by atoms with Crippen LogP contribution in [0, 0.1) is 6.92 Å². The van der Waals surface area contributed by atoms with Gasteiger partial charge in [-0.15, -0.1) is 0 Å². The summed E-state index contributed by atoms with van der Waals surface area (Å²) < 4.78 is 2.14. The van der Waals surface area contributed by atoms with Crippen LogP contribution in [0.3, 0.4) is 0 Å². The van der Waals surface area contributed by atoms with Gasteiger partial charge in [0, 0.05) is 36.3 Å². The van der Waals surface area contributed by atoms with Crippen LogP contribution >= 0.6 is 0 Å². The summed E-state index contributed by atoms with van der Waals surface area (Å²) in [4.78, 5) is 14.7. The number of hydrogen-bond acceptors (Lipinski definition) is 2. The van der Waals surface area contributed by atoms with Crippen molar-refractivity contribution in [1.29, 1.82) is 0 Å². The van der Waals surface area contributed by atoms with Crippen molar-refractivity contribution >= 4 is 16.8 Å². The summed E-state index contributed by atoms with van der Waals surface area (Å²) in [6, 6.07) is 16.2. The fourth-order valence-electron chi connectivity index (χ4n) is 3.32. The summed E-state index contributed by atoms with van der Waals surface area (Å²) in [6.45, 7) is 2.53. The molecule has 1 heterocycles. The van der Waals surface area contributed by atoms with Crippen molar-refractivity contribution < 1.29 is 4.79 Å². The van der Waals surface area contributed by atoms with E-state index in [-0.39, 0.29) is 11.9 Å². The van der Waals surface area contributed by atoms with E-state index in [9.17, 15) is 4.79 Å². The fraction of sp³-hybridized carbons (Fsp3) is 0.286. The number of carbonyl (C=O) groups excluding carboxylic acids is 1. The number of amides is 1. The molecule has 0 saturated carbocycles. The molecule has 1 aromatic heterocycles. The monoisotopic (exact) mass is 335 g/mol. The fourth-order valence-corrected chi connectivity index (χ4v) is 3.32. The van der Waals surface area contributed by atoms with Crippen LogP contribution in [0.2, 0.25) is 0 Å². The Morgan fingerprint density at radius 1 is 1.12 bits per heavy atom. The van der Waals surface area contributed by atoms with Crippen molar-refractivity contribution in [2.24, 2.45) is 7.05 Å². The van der Waals surface area contributed by atoms with Gasteiger partial charge < -0.3 is 14.8 Å². The van der Waals surface area contributed by atoms with Crippen LogP contribution in [-0.4, -0.2) is 36.0 Å². The highest BCUT2D eigenvalue weighted by Gasteiger charge is 2.20. The molecule has 25 heavy (non-hydrogen) atoms. The van der Waals surface area contributed by atoms with Crippen LogP contribution in [0.15, 0.2) is 54.7 Å². The van der Waals surface area contributed by atoms with Crippen LogP contribution in [0.4, 0.5) is 0 Å². The Bertz CT molecular complexity index is 895. The van der Waals surface area contributed by atoms with Crippen LogP contribution < -0.4 is 5.32 Å². The average Bonchev–Trinajstić information content (AvgIpc) is 2.92. The first-order valence-corrected chi connectivity index (χ1v) is 8.53. The average molecular weight is 335 g/mol. The molecule has 1 N–H and O–H groups in total. The summed E-state index contributed by atoms with van der Waals surface area (Å²) in [6.07, 6.45) is 2.16. The molecule has 0 radical (unpaired) electrons. The quantitative estimate of drug-likeness (QED) is 0.774. The second-order valence-electron chi connectivity index (χ2n) is 6.72. The number of nitrogens with zero attached hydrogens (tertiary/aromatic N) is 2. The van der Waals surface area contributed by atoms with Gasteiger partial charge >= 0.3 is 0 Å². The predicted molar refractivity (Wildman–Crippen MR) is 103 cm³/mol. The van der Waals surface area contributed by atoms with E-state index in [1.165, 1.54) is 16.5 Å². The Hall–Kier alpha value is -2.59. The van der Waals surface area contributed by atoms with Gasteiger partial charge in [0.1, 0.15) is 0 Å². The number of aryl methyl sites for hydroxylation is 2. The summed E-state index contributed by atoms with van der Waals surface area (Å²) >= 11 is 0. The SMILES string of the molecule is Cc1ccccc1C(=O)NCC(c1cn(C)c2ccccc12)N(C)C. The number of likely N-dealkylation sites (N-methyl/N-ethyl adjacent to an activating group) is 1. The van der Waals surface area contributed by atoms with Crippen molar-refractivity contribution in [3.8, 4) is 0 Å². The molecule has 130 valence electrons. The number of carbonyl (C=O) groups is 1. The first-order chi connectivity index (χ1) is 12.0. The molecule has 1 atom stereocenters. The van der Waals surface area contributed by atoms with E-state index in [0.717, 1.165) is 11.1 Å². The molecule has 3 rings (SSSR count). The van der Waals surface area contributed by atoms with E-state index in [4.69, 9.17) is 0 Å². The Labute approximate surface area is 149 Å². The topological polar surface area (TPSA) is 37.3 Å². The number of hydrogen-bond donors (Lipinski definition) is 1. The Morgan fingerprint density at radius 2 is 1.80 bits per heavy atom. The van der Waals surface area contributed by atoms with Gasteiger partial charge in [-0.25, -0.2) is 0 Å². The molecule has 1 amide bonds. The van der Waals surface area contributed by atoms with Crippen LogP contribution in [-0.2, 0) is 7.05 Å². The summed E-state index contributed by atoms with van der Waals surface area (Å²) in [7, 11) is 6.16. The largest absolute Gasteiger partial charge is 0.350 e. The third-order valence-electron chi connectivity index (χ3n) is 4.76. The minimum Gasteiger partial charge on any atom is -0.350 e. The van der Waals surface area contributed by atoms with E-state index >= 15 is 0 Å². The Balaban J connectivity index is 1.85. The van der Waals surface area contributed by atoms with Gasteiger partial charge in [0.2, 0.25) is 0 Å². The van der Waals surface area contributed by atoms with Gasteiger partial charge in [-0.2, -0.15) is 0 Å². The van der Waals surface area contributed by atoms with Crippen molar-refractivity contribution in [3.63, 3.8) is 0 Å². The first-order valence-electron chi connectivity index (χ1n) is 8.53. The lowest BCUT2D eigenvalue weighted by atomic mass is 10.0. The molecule has 1 unspecified atom stereocenters. The highest BCUT2D eigenvalue weighted by molar-refractivity contribution is 5.95. The lowest BCUT2D eigenvalue weighted by Crippen LogP contribution is -2.34. The maximum absolute atomic E-state index is 12.6. The van der Waals surface area contributed by atoms with Crippen molar-refractivity contribution in [2.45, 2.75) is 13.0 Å². The lowest BCUT2D eigenvalue weighted by molar-refractivity contribution is 0.0941. The molecule has 2 aromatic carbocycles. The predicted octanol–water partition coefficient (Wildman–Crippen LogP) is 3.52. The van der Waals surface area contributed by atoms with Gasteiger partial charge in [-0.3, -0.25) is 4.79 Å². The zero-order valence-corrected chi connectivity index (χ0v) is 15.3. The number of rotatable bonds is 5. The van der Waals surface area contributed by atoms with E-state index in [2.05, 4.69) is 52.3 Å². The molecular formula is C21H25N3O. The molecule has 0 spiro atoms. The number of para-hydroxylation sites is 1. The summed E-state index contributed by atoms with van der Waals surface area (Å²) in [5.41, 5.74) is 4.16. The Morgan fingerprint density at radius 3 is 2.52 bits per heavy atom. The second-order valence-corrected chi connectivity index (χ2v) is 6.72. The van der Waals surface area contributed by atoms with Gasteiger partial charge in [0.25, 0.3) is 5.91 Å². The first kappa shape index (κ1) is 17.2. The maximum Gasteiger partial charge on any atom is 0.251 e. The van der Waals surface area contributed by atoms with Crippen LogP contribution in [0.25, 0.3) is 10.9 Å². The minimum atomic E-state index is -0.0230. The number of nitrogens with one attached hydrogen (secondary N) is 1.